The topological polar surface area (TPSA) is 47.3 Å². The highest BCUT2D eigenvalue weighted by molar-refractivity contribution is 6.30. The zero-order valence-electron chi connectivity index (χ0n) is 10.4. The van der Waals surface area contributed by atoms with Gasteiger partial charge >= 0.3 is 0 Å². The van der Waals surface area contributed by atoms with Gasteiger partial charge in [0.05, 0.1) is 13.2 Å². The second kappa shape index (κ2) is 6.02. The second-order valence-corrected chi connectivity index (χ2v) is 4.47. The minimum absolute atomic E-state index is 0.294. The summed E-state index contributed by atoms with van der Waals surface area (Å²) >= 11 is 6.00. The lowest BCUT2D eigenvalue weighted by Crippen LogP contribution is -2.29. The van der Waals surface area contributed by atoms with Crippen LogP contribution in [-0.4, -0.2) is 7.11 Å². The first-order valence-corrected chi connectivity index (χ1v) is 6.08. The fraction of sp³-hybridized carbons (Fsp3) is 0.143. The molecule has 3 N–H and O–H groups in total. The van der Waals surface area contributed by atoms with Crippen LogP contribution in [0.15, 0.2) is 42.5 Å². The summed E-state index contributed by atoms with van der Waals surface area (Å²) in [5.41, 5.74) is 4.31. The Hall–Kier alpha value is -1.62. The third-order valence-electron chi connectivity index (χ3n) is 2.87. The molecule has 1 unspecified atom stereocenters. The lowest BCUT2D eigenvalue weighted by Gasteiger charge is -2.19. The molecule has 100 valence electrons. The van der Waals surface area contributed by atoms with Crippen molar-refractivity contribution in [2.24, 2.45) is 5.84 Å². The molecule has 1 atom stereocenters. The average molecular weight is 281 g/mol. The first-order chi connectivity index (χ1) is 9.15. The average Bonchev–Trinajstić information content (AvgIpc) is 2.42. The minimum Gasteiger partial charge on any atom is -0.496 e. The molecule has 2 aromatic carbocycles. The predicted octanol–water partition coefficient (Wildman–Crippen LogP) is 3.04. The smallest absolute Gasteiger partial charge is 0.124 e. The van der Waals surface area contributed by atoms with E-state index in [0.29, 0.717) is 10.8 Å². The summed E-state index contributed by atoms with van der Waals surface area (Å²) in [6, 6.07) is 11.1. The van der Waals surface area contributed by atoms with Gasteiger partial charge in [-0.15, -0.1) is 0 Å². The van der Waals surface area contributed by atoms with E-state index >= 15 is 0 Å². The Bertz CT molecular complexity index is 560. The monoisotopic (exact) mass is 280 g/mol. The van der Waals surface area contributed by atoms with Crippen LogP contribution in [0.25, 0.3) is 0 Å². The van der Waals surface area contributed by atoms with Gasteiger partial charge in [-0.1, -0.05) is 23.7 Å². The lowest BCUT2D eigenvalue weighted by atomic mass is 9.98. The molecule has 0 saturated heterocycles. The molecule has 0 spiro atoms. The lowest BCUT2D eigenvalue weighted by molar-refractivity contribution is 0.404. The van der Waals surface area contributed by atoms with Gasteiger partial charge in [0.25, 0.3) is 0 Å². The van der Waals surface area contributed by atoms with Crippen molar-refractivity contribution in [2.45, 2.75) is 6.04 Å². The molecular formula is C14H14ClFN2O. The summed E-state index contributed by atoms with van der Waals surface area (Å²) in [5, 5.41) is 0.582. The molecule has 0 aliphatic heterocycles. The van der Waals surface area contributed by atoms with Crippen molar-refractivity contribution in [1.29, 1.82) is 0 Å². The molecule has 19 heavy (non-hydrogen) atoms. The standard InChI is InChI=1S/C14H14ClFN2O/c1-19-13-7-4-10(15)8-12(13)14(18-17)9-2-5-11(16)6-3-9/h2-8,14,18H,17H2,1H3. The highest BCUT2D eigenvalue weighted by atomic mass is 35.5. The van der Waals surface area contributed by atoms with Crippen molar-refractivity contribution in [2.75, 3.05) is 7.11 Å². The molecule has 0 saturated carbocycles. The summed E-state index contributed by atoms with van der Waals surface area (Å²) < 4.78 is 18.3. The Kier molecular flexibility index (Phi) is 4.37. The van der Waals surface area contributed by atoms with Crippen molar-refractivity contribution in [3.8, 4) is 5.75 Å². The van der Waals surface area contributed by atoms with Crippen LogP contribution in [-0.2, 0) is 0 Å². The van der Waals surface area contributed by atoms with Crippen LogP contribution in [0.2, 0.25) is 5.02 Å². The third-order valence-corrected chi connectivity index (χ3v) is 3.11. The van der Waals surface area contributed by atoms with Crippen molar-refractivity contribution < 1.29 is 9.13 Å². The predicted molar refractivity (Wildman–Crippen MR) is 73.6 cm³/mol. The number of nitrogens with two attached hydrogens (primary N) is 1. The van der Waals surface area contributed by atoms with Crippen LogP contribution in [0.3, 0.4) is 0 Å². The van der Waals surface area contributed by atoms with Gasteiger partial charge in [0.15, 0.2) is 0 Å². The van der Waals surface area contributed by atoms with Crippen molar-refractivity contribution >= 4 is 11.6 Å². The van der Waals surface area contributed by atoms with Gasteiger partial charge in [-0.25, -0.2) is 9.82 Å². The zero-order chi connectivity index (χ0) is 13.8. The van der Waals surface area contributed by atoms with Crippen LogP contribution in [0.5, 0.6) is 5.75 Å². The van der Waals surface area contributed by atoms with E-state index in [1.54, 1.807) is 37.4 Å². The molecule has 0 amide bonds. The van der Waals surface area contributed by atoms with E-state index in [2.05, 4.69) is 5.43 Å². The maximum absolute atomic E-state index is 13.0. The molecule has 0 bridgehead atoms. The van der Waals surface area contributed by atoms with Crippen LogP contribution < -0.4 is 16.0 Å². The van der Waals surface area contributed by atoms with E-state index in [0.717, 1.165) is 11.1 Å². The summed E-state index contributed by atoms with van der Waals surface area (Å²) in [4.78, 5) is 0. The van der Waals surface area contributed by atoms with E-state index in [-0.39, 0.29) is 11.9 Å². The molecular weight excluding hydrogens is 267 g/mol. The normalized spacial score (nSPS) is 12.2. The molecule has 5 heteroatoms. The molecule has 0 aromatic heterocycles. The number of hydrazine groups is 1. The van der Waals surface area contributed by atoms with Gasteiger partial charge in [0.2, 0.25) is 0 Å². The number of halogens is 2. The molecule has 3 nitrogen and oxygen atoms in total. The zero-order valence-corrected chi connectivity index (χ0v) is 11.1. The second-order valence-electron chi connectivity index (χ2n) is 4.04. The van der Waals surface area contributed by atoms with Crippen molar-refractivity contribution in [1.82, 2.24) is 5.43 Å². The number of hydrogen-bond acceptors (Lipinski definition) is 3. The highest BCUT2D eigenvalue weighted by Crippen LogP contribution is 2.31. The molecule has 0 aliphatic rings. The van der Waals surface area contributed by atoms with Crippen molar-refractivity contribution in [3.63, 3.8) is 0 Å². The summed E-state index contributed by atoms with van der Waals surface area (Å²) in [7, 11) is 1.57. The Morgan fingerprint density at radius 3 is 2.47 bits per heavy atom. The van der Waals surface area contributed by atoms with E-state index in [4.69, 9.17) is 22.2 Å². The fourth-order valence-electron chi connectivity index (χ4n) is 1.95. The van der Waals surface area contributed by atoms with Gasteiger partial charge in [-0.2, -0.15) is 0 Å². The Labute approximate surface area is 116 Å². The number of benzene rings is 2. The van der Waals surface area contributed by atoms with Crippen LogP contribution >= 0.6 is 11.6 Å². The first kappa shape index (κ1) is 13.8. The summed E-state index contributed by atoms with van der Waals surface area (Å²) in [6.45, 7) is 0. The number of ether oxygens (including phenoxy) is 1. The highest BCUT2D eigenvalue weighted by Gasteiger charge is 2.17. The minimum atomic E-state index is -0.325. The molecule has 2 aromatic rings. The molecule has 0 aliphatic carbocycles. The molecule has 0 heterocycles. The third kappa shape index (κ3) is 3.04. The quantitative estimate of drug-likeness (QED) is 0.668. The van der Waals surface area contributed by atoms with Crippen LogP contribution in [0.4, 0.5) is 4.39 Å². The van der Waals surface area contributed by atoms with E-state index in [1.165, 1.54) is 12.1 Å². The molecule has 0 fully saturated rings. The van der Waals surface area contributed by atoms with Crippen molar-refractivity contribution in [3.05, 3.63) is 64.4 Å². The number of methoxy groups -OCH3 is 1. The number of nitrogens with one attached hydrogen (secondary N) is 1. The van der Waals surface area contributed by atoms with Gasteiger partial charge in [-0.05, 0) is 35.9 Å². The van der Waals surface area contributed by atoms with Gasteiger partial charge in [-0.3, -0.25) is 5.84 Å². The first-order valence-electron chi connectivity index (χ1n) is 5.70. The fourth-order valence-corrected chi connectivity index (χ4v) is 2.13. The van der Waals surface area contributed by atoms with Crippen LogP contribution in [0.1, 0.15) is 17.2 Å². The maximum Gasteiger partial charge on any atom is 0.124 e. The Balaban J connectivity index is 2.47. The number of rotatable bonds is 4. The number of hydrogen-bond donors (Lipinski definition) is 2. The van der Waals surface area contributed by atoms with Crippen LogP contribution in [0, 0.1) is 5.82 Å². The SMILES string of the molecule is COc1ccc(Cl)cc1C(NN)c1ccc(F)cc1. The van der Waals surface area contributed by atoms with E-state index in [9.17, 15) is 4.39 Å². The molecule has 2 rings (SSSR count). The van der Waals surface area contributed by atoms with Gasteiger partial charge in [0, 0.05) is 10.6 Å². The van der Waals surface area contributed by atoms with E-state index < -0.39 is 0 Å². The Morgan fingerprint density at radius 2 is 1.89 bits per heavy atom. The summed E-state index contributed by atoms with van der Waals surface area (Å²) in [6.07, 6.45) is 0. The molecule has 0 radical (unpaired) electrons. The van der Waals surface area contributed by atoms with Gasteiger partial charge in [0.1, 0.15) is 11.6 Å². The summed E-state index contributed by atoms with van der Waals surface area (Å²) in [5.74, 6) is 5.98. The maximum atomic E-state index is 13.0. The largest absolute Gasteiger partial charge is 0.496 e. The van der Waals surface area contributed by atoms with Gasteiger partial charge < -0.3 is 4.74 Å². The Morgan fingerprint density at radius 1 is 1.21 bits per heavy atom. The van der Waals surface area contributed by atoms with E-state index in [1.807, 2.05) is 0 Å².